The average molecular weight is 279 g/mol. The van der Waals surface area contributed by atoms with Gasteiger partial charge in [0.2, 0.25) is 0 Å². The molecule has 1 aromatic carbocycles. The molecule has 1 saturated carbocycles. The number of fused-ring (bicyclic) bond motifs is 1. The molecule has 1 aromatic rings. The number of hydrogen-bond donors (Lipinski definition) is 1. The average Bonchev–Trinajstić information content (AvgIpc) is 3.20. The van der Waals surface area contributed by atoms with Crippen LogP contribution in [0.3, 0.4) is 0 Å². The number of carboxylic acids is 1. The van der Waals surface area contributed by atoms with Crippen molar-refractivity contribution in [2.45, 2.75) is 50.9 Å². The maximum Gasteiger partial charge on any atom is 0.303 e. The second kappa shape index (κ2) is 5.16. The Hall–Kier alpha value is -1.02. The van der Waals surface area contributed by atoms with Crippen molar-refractivity contribution in [3.05, 3.63) is 33.8 Å². The zero-order chi connectivity index (χ0) is 13.4. The molecular weight excluding hydrogens is 260 g/mol. The summed E-state index contributed by atoms with van der Waals surface area (Å²) in [5, 5.41) is 9.95. The highest BCUT2D eigenvalue weighted by atomic mass is 35.5. The van der Waals surface area contributed by atoms with Gasteiger partial charge in [0.25, 0.3) is 0 Å². The number of carbonyl (C=O) groups is 1. The molecule has 0 amide bonds. The van der Waals surface area contributed by atoms with E-state index in [0.29, 0.717) is 5.92 Å². The van der Waals surface area contributed by atoms with Crippen molar-refractivity contribution in [2.24, 2.45) is 5.92 Å². The summed E-state index contributed by atoms with van der Waals surface area (Å²) in [4.78, 5) is 11.1. The van der Waals surface area contributed by atoms with Gasteiger partial charge in [0.15, 0.2) is 0 Å². The highest BCUT2D eigenvalue weighted by molar-refractivity contribution is 6.31. The van der Waals surface area contributed by atoms with Gasteiger partial charge in [-0.2, -0.15) is 0 Å². The van der Waals surface area contributed by atoms with Gasteiger partial charge >= 0.3 is 5.97 Å². The second-order valence-electron chi connectivity index (χ2n) is 5.89. The summed E-state index contributed by atoms with van der Waals surface area (Å²) in [6.07, 6.45) is 7.15. The van der Waals surface area contributed by atoms with Crippen LogP contribution in [-0.4, -0.2) is 11.1 Å². The van der Waals surface area contributed by atoms with Crippen LogP contribution in [0.25, 0.3) is 0 Å². The predicted molar refractivity (Wildman–Crippen MR) is 75.8 cm³/mol. The number of halogens is 1. The molecule has 1 fully saturated rings. The normalized spacial score (nSPS) is 19.8. The van der Waals surface area contributed by atoms with Crippen LogP contribution in [0.4, 0.5) is 0 Å². The molecule has 0 aliphatic heterocycles. The van der Waals surface area contributed by atoms with E-state index in [1.165, 1.54) is 24.0 Å². The molecule has 0 aromatic heterocycles. The first-order chi connectivity index (χ1) is 9.15. The largest absolute Gasteiger partial charge is 0.481 e. The molecule has 2 aliphatic carbocycles. The first kappa shape index (κ1) is 13.0. The maximum absolute atomic E-state index is 11.1. The summed E-state index contributed by atoms with van der Waals surface area (Å²) in [5.41, 5.74) is 3.79. The van der Waals surface area contributed by atoms with Crippen LogP contribution in [-0.2, 0) is 17.6 Å². The molecule has 2 nitrogen and oxygen atoms in total. The van der Waals surface area contributed by atoms with E-state index in [2.05, 4.69) is 6.07 Å². The number of aliphatic carboxylic acids is 1. The van der Waals surface area contributed by atoms with Crippen molar-refractivity contribution >= 4 is 17.6 Å². The summed E-state index contributed by atoms with van der Waals surface area (Å²) < 4.78 is 0. The summed E-state index contributed by atoms with van der Waals surface area (Å²) in [6, 6.07) is 4.25. The van der Waals surface area contributed by atoms with Crippen molar-refractivity contribution in [3.63, 3.8) is 0 Å². The Labute approximate surface area is 118 Å². The quantitative estimate of drug-likeness (QED) is 0.897. The van der Waals surface area contributed by atoms with E-state index >= 15 is 0 Å². The molecule has 3 heteroatoms. The molecule has 0 spiro atoms. The van der Waals surface area contributed by atoms with E-state index < -0.39 is 5.97 Å². The van der Waals surface area contributed by atoms with Gasteiger partial charge in [0, 0.05) is 5.02 Å². The molecule has 0 saturated heterocycles. The lowest BCUT2D eigenvalue weighted by molar-refractivity contribution is -0.137. The van der Waals surface area contributed by atoms with Crippen LogP contribution >= 0.6 is 11.6 Å². The van der Waals surface area contributed by atoms with Crippen LogP contribution < -0.4 is 0 Å². The van der Waals surface area contributed by atoms with Gasteiger partial charge in [-0.1, -0.05) is 17.7 Å². The molecule has 19 heavy (non-hydrogen) atoms. The van der Waals surface area contributed by atoms with Gasteiger partial charge in [0.1, 0.15) is 0 Å². The fraction of sp³-hybridized carbons (Fsp3) is 0.562. The fourth-order valence-corrected chi connectivity index (χ4v) is 3.64. The van der Waals surface area contributed by atoms with Crippen LogP contribution in [0.1, 0.15) is 54.7 Å². The fourth-order valence-electron chi connectivity index (χ4n) is 3.29. The third-order valence-corrected chi connectivity index (χ3v) is 4.78. The van der Waals surface area contributed by atoms with Crippen LogP contribution in [0.15, 0.2) is 12.1 Å². The van der Waals surface area contributed by atoms with Crippen molar-refractivity contribution in [3.8, 4) is 0 Å². The molecular formula is C16H19ClO2. The third kappa shape index (κ3) is 2.79. The molecule has 0 heterocycles. The van der Waals surface area contributed by atoms with Crippen molar-refractivity contribution < 1.29 is 9.90 Å². The molecule has 102 valence electrons. The third-order valence-electron chi connectivity index (χ3n) is 4.45. The minimum atomic E-state index is -0.703. The van der Waals surface area contributed by atoms with Crippen molar-refractivity contribution in [2.75, 3.05) is 0 Å². The smallest absolute Gasteiger partial charge is 0.303 e. The van der Waals surface area contributed by atoms with Gasteiger partial charge in [-0.25, -0.2) is 0 Å². The van der Waals surface area contributed by atoms with E-state index in [9.17, 15) is 4.79 Å². The summed E-state index contributed by atoms with van der Waals surface area (Å²) >= 11 is 6.41. The number of rotatable bonds is 4. The van der Waals surface area contributed by atoms with Crippen LogP contribution in [0.5, 0.6) is 0 Å². The number of hydrogen-bond acceptors (Lipinski definition) is 1. The van der Waals surface area contributed by atoms with E-state index in [4.69, 9.17) is 16.7 Å². The summed E-state index contributed by atoms with van der Waals surface area (Å²) in [7, 11) is 0. The van der Waals surface area contributed by atoms with Gasteiger partial charge in [-0.3, -0.25) is 4.79 Å². The SMILES string of the molecule is O=C(O)CC(c1cc(Cl)c2c(c1)CCCC2)C1CC1. The Bertz CT molecular complexity index is 506. The van der Waals surface area contributed by atoms with Crippen molar-refractivity contribution in [1.82, 2.24) is 0 Å². The number of aryl methyl sites for hydroxylation is 1. The topological polar surface area (TPSA) is 37.3 Å². The highest BCUT2D eigenvalue weighted by Gasteiger charge is 2.34. The van der Waals surface area contributed by atoms with Crippen LogP contribution in [0.2, 0.25) is 5.02 Å². The predicted octanol–water partition coefficient (Wildman–Crippen LogP) is 4.19. The van der Waals surface area contributed by atoms with Crippen molar-refractivity contribution in [1.29, 1.82) is 0 Å². The maximum atomic E-state index is 11.1. The molecule has 2 aliphatic rings. The zero-order valence-electron chi connectivity index (χ0n) is 11.0. The Kier molecular flexibility index (Phi) is 3.53. The monoisotopic (exact) mass is 278 g/mol. The number of benzene rings is 1. The lowest BCUT2D eigenvalue weighted by Gasteiger charge is -2.22. The van der Waals surface area contributed by atoms with Gasteiger partial charge in [-0.15, -0.1) is 0 Å². The molecule has 0 bridgehead atoms. The minimum Gasteiger partial charge on any atom is -0.481 e. The Morgan fingerprint density at radius 2 is 2.05 bits per heavy atom. The molecule has 1 N–H and O–H groups in total. The zero-order valence-corrected chi connectivity index (χ0v) is 11.7. The number of carboxylic acid groups (broad SMARTS) is 1. The molecule has 1 atom stereocenters. The first-order valence-electron chi connectivity index (χ1n) is 7.18. The Balaban J connectivity index is 1.94. The van der Waals surface area contributed by atoms with E-state index in [1.54, 1.807) is 0 Å². The van der Waals surface area contributed by atoms with Gasteiger partial charge in [0.05, 0.1) is 6.42 Å². The second-order valence-corrected chi connectivity index (χ2v) is 6.30. The van der Waals surface area contributed by atoms with E-state index in [-0.39, 0.29) is 12.3 Å². The summed E-state index contributed by atoms with van der Waals surface area (Å²) in [6.45, 7) is 0. The Morgan fingerprint density at radius 1 is 1.32 bits per heavy atom. The standard InChI is InChI=1S/C16H19ClO2/c17-15-8-12(7-11-3-1-2-4-13(11)15)14(9-16(18)19)10-5-6-10/h7-8,10,14H,1-6,9H2,(H,18,19). The van der Waals surface area contributed by atoms with E-state index in [0.717, 1.165) is 36.3 Å². The van der Waals surface area contributed by atoms with Gasteiger partial charge < -0.3 is 5.11 Å². The lowest BCUT2D eigenvalue weighted by Crippen LogP contribution is -2.11. The lowest BCUT2D eigenvalue weighted by atomic mass is 9.85. The Morgan fingerprint density at radius 3 is 2.74 bits per heavy atom. The molecule has 1 unspecified atom stereocenters. The van der Waals surface area contributed by atoms with E-state index in [1.807, 2.05) is 6.07 Å². The molecule has 0 radical (unpaired) electrons. The minimum absolute atomic E-state index is 0.155. The van der Waals surface area contributed by atoms with Crippen LogP contribution in [0, 0.1) is 5.92 Å². The molecule has 3 rings (SSSR count). The highest BCUT2D eigenvalue weighted by Crippen LogP contribution is 2.46. The van der Waals surface area contributed by atoms with Gasteiger partial charge in [-0.05, 0) is 73.1 Å². The first-order valence-corrected chi connectivity index (χ1v) is 7.56. The summed E-state index contributed by atoms with van der Waals surface area (Å²) in [5.74, 6) is 0.00165.